The Morgan fingerprint density at radius 3 is 1.90 bits per heavy atom. The number of hydrogen-bond donors (Lipinski definition) is 4. The number of H-pyrrole nitrogens is 2. The number of nitrogens with zero attached hydrogens (tertiary/aromatic N) is 2. The van der Waals surface area contributed by atoms with Gasteiger partial charge >= 0.3 is 0 Å². The first-order valence-electron chi connectivity index (χ1n) is 10.4. The van der Waals surface area contributed by atoms with Gasteiger partial charge in [0, 0.05) is 0 Å². The van der Waals surface area contributed by atoms with Crippen molar-refractivity contribution >= 4 is 0 Å². The van der Waals surface area contributed by atoms with Crippen molar-refractivity contribution in [3.8, 4) is 33.6 Å². The molecule has 6 nitrogen and oxygen atoms in total. The summed E-state index contributed by atoms with van der Waals surface area (Å²) in [5, 5.41) is 3.36. The lowest BCUT2D eigenvalue weighted by Gasteiger charge is -2.05. The Labute approximate surface area is 177 Å². The molecule has 2 heterocycles. The Kier molecular flexibility index (Phi) is 6.07. The molecule has 4 aromatic rings. The summed E-state index contributed by atoms with van der Waals surface area (Å²) in [5.41, 5.74) is 12.5. The highest BCUT2D eigenvalue weighted by molar-refractivity contribution is 5.71. The summed E-state index contributed by atoms with van der Waals surface area (Å²) in [6.45, 7) is 5.84. The van der Waals surface area contributed by atoms with Gasteiger partial charge in [0.1, 0.15) is 11.6 Å². The molecule has 0 bridgehead atoms. The smallest absolute Gasteiger partial charge is 0.123 e. The van der Waals surface area contributed by atoms with Crippen molar-refractivity contribution in [3.63, 3.8) is 0 Å². The van der Waals surface area contributed by atoms with Crippen LogP contribution in [0.25, 0.3) is 33.6 Å². The number of aromatic nitrogens is 4. The molecule has 0 radical (unpaired) electrons. The lowest BCUT2D eigenvalue weighted by atomic mass is 10.0. The van der Waals surface area contributed by atoms with E-state index in [9.17, 15) is 0 Å². The second-order valence-electron chi connectivity index (χ2n) is 7.55. The first kappa shape index (κ1) is 20.1. The van der Waals surface area contributed by atoms with Gasteiger partial charge in [0.05, 0.1) is 36.4 Å². The molecule has 154 valence electrons. The fraction of sp³-hybridized carbons (Fsp3) is 0.250. The third-order valence-corrected chi connectivity index (χ3v) is 5.10. The molecule has 0 aliphatic rings. The molecule has 0 saturated carbocycles. The topological polar surface area (TPSA) is 95.4 Å². The van der Waals surface area contributed by atoms with E-state index in [1.807, 2.05) is 19.3 Å². The minimum Gasteiger partial charge on any atom is -0.341 e. The summed E-state index contributed by atoms with van der Waals surface area (Å²) in [7, 11) is 0. The van der Waals surface area contributed by atoms with Gasteiger partial charge in [-0.2, -0.15) is 0 Å². The van der Waals surface area contributed by atoms with Gasteiger partial charge in [-0.3, -0.25) is 0 Å². The molecule has 0 aliphatic carbocycles. The Morgan fingerprint density at radius 2 is 1.37 bits per heavy atom. The van der Waals surface area contributed by atoms with Crippen LogP contribution in [-0.2, 0) is 6.54 Å². The molecule has 6 heteroatoms. The van der Waals surface area contributed by atoms with Crippen molar-refractivity contribution in [2.24, 2.45) is 5.73 Å². The van der Waals surface area contributed by atoms with Crippen molar-refractivity contribution in [1.29, 1.82) is 0 Å². The van der Waals surface area contributed by atoms with Gasteiger partial charge in [0.15, 0.2) is 0 Å². The maximum absolute atomic E-state index is 5.88. The predicted octanol–water partition coefficient (Wildman–Crippen LogP) is 4.65. The Balaban J connectivity index is 1.46. The zero-order chi connectivity index (χ0) is 20.9. The van der Waals surface area contributed by atoms with E-state index in [0.717, 1.165) is 53.7 Å². The zero-order valence-electron chi connectivity index (χ0n) is 17.4. The van der Waals surface area contributed by atoms with Crippen LogP contribution in [0.15, 0.2) is 60.9 Å². The number of nitrogens with two attached hydrogens (primary N) is 1. The lowest BCUT2D eigenvalue weighted by Crippen LogP contribution is -2.14. The SMILES string of the molecule is CCCNCc1ncc(-c2ccc(-c3ccc(-c4cnc([C@H](C)N)[nH]4)cc3)cc2)[nH]1. The molecule has 4 rings (SSSR count). The van der Waals surface area contributed by atoms with E-state index in [2.05, 4.69) is 80.7 Å². The van der Waals surface area contributed by atoms with Gasteiger partial charge in [-0.05, 0) is 42.1 Å². The average Bonchev–Trinajstić information content (AvgIpc) is 3.45. The maximum atomic E-state index is 5.88. The summed E-state index contributed by atoms with van der Waals surface area (Å²) in [6, 6.07) is 16.9. The minimum atomic E-state index is -0.102. The summed E-state index contributed by atoms with van der Waals surface area (Å²) in [5.74, 6) is 1.76. The van der Waals surface area contributed by atoms with Crippen molar-refractivity contribution in [2.45, 2.75) is 32.9 Å². The second-order valence-corrected chi connectivity index (χ2v) is 7.55. The standard InChI is InChI=1S/C24H28N6/c1-3-12-26-15-23-27-13-21(29-23)19-8-4-17(5-9-19)18-6-10-20(11-7-18)22-14-28-24(30-22)16(2)25/h4-11,13-14,16,26H,3,12,15,25H2,1-2H3,(H,27,29)(H,28,30)/t16-/m0/s1. The van der Waals surface area contributed by atoms with Gasteiger partial charge in [-0.25, -0.2) is 9.97 Å². The van der Waals surface area contributed by atoms with Gasteiger partial charge in [-0.1, -0.05) is 55.5 Å². The van der Waals surface area contributed by atoms with E-state index in [1.165, 1.54) is 11.1 Å². The number of hydrogen-bond acceptors (Lipinski definition) is 4. The fourth-order valence-electron chi connectivity index (χ4n) is 3.38. The Bertz CT molecular complexity index is 1070. The highest BCUT2D eigenvalue weighted by Gasteiger charge is 2.08. The number of aromatic amines is 2. The molecular weight excluding hydrogens is 372 g/mol. The van der Waals surface area contributed by atoms with Crippen molar-refractivity contribution in [1.82, 2.24) is 25.3 Å². The monoisotopic (exact) mass is 400 g/mol. The summed E-state index contributed by atoms with van der Waals surface area (Å²) < 4.78 is 0. The number of benzene rings is 2. The van der Waals surface area contributed by atoms with Crippen LogP contribution in [0.4, 0.5) is 0 Å². The van der Waals surface area contributed by atoms with Crippen LogP contribution >= 0.6 is 0 Å². The third-order valence-electron chi connectivity index (χ3n) is 5.10. The molecule has 2 aromatic heterocycles. The number of nitrogens with one attached hydrogen (secondary N) is 3. The van der Waals surface area contributed by atoms with Crippen molar-refractivity contribution in [2.75, 3.05) is 6.54 Å². The van der Waals surface area contributed by atoms with Crippen LogP contribution < -0.4 is 11.1 Å². The third kappa shape index (κ3) is 4.50. The quantitative estimate of drug-likeness (QED) is 0.324. The van der Waals surface area contributed by atoms with Crippen LogP contribution in [-0.4, -0.2) is 26.5 Å². The molecule has 0 unspecified atom stereocenters. The first-order chi connectivity index (χ1) is 14.6. The van der Waals surface area contributed by atoms with Gasteiger partial charge < -0.3 is 21.0 Å². The van der Waals surface area contributed by atoms with Gasteiger partial charge in [-0.15, -0.1) is 0 Å². The molecule has 30 heavy (non-hydrogen) atoms. The molecule has 0 amide bonds. The van der Waals surface area contributed by atoms with E-state index >= 15 is 0 Å². The molecule has 5 N–H and O–H groups in total. The lowest BCUT2D eigenvalue weighted by molar-refractivity contribution is 0.655. The summed E-state index contributed by atoms with van der Waals surface area (Å²) >= 11 is 0. The largest absolute Gasteiger partial charge is 0.341 e. The highest BCUT2D eigenvalue weighted by atomic mass is 15.0. The molecule has 1 atom stereocenters. The minimum absolute atomic E-state index is 0.102. The van der Waals surface area contributed by atoms with E-state index in [1.54, 1.807) is 0 Å². The first-order valence-corrected chi connectivity index (χ1v) is 10.4. The highest BCUT2D eigenvalue weighted by Crippen LogP contribution is 2.26. The fourth-order valence-corrected chi connectivity index (χ4v) is 3.38. The van der Waals surface area contributed by atoms with E-state index in [-0.39, 0.29) is 6.04 Å². The maximum Gasteiger partial charge on any atom is 0.123 e. The van der Waals surface area contributed by atoms with Gasteiger partial charge in [0.25, 0.3) is 0 Å². The summed E-state index contributed by atoms with van der Waals surface area (Å²) in [4.78, 5) is 15.5. The predicted molar refractivity (Wildman–Crippen MR) is 122 cm³/mol. The molecule has 0 fully saturated rings. The Hall–Kier alpha value is -3.22. The van der Waals surface area contributed by atoms with Crippen LogP contribution in [0.1, 0.15) is 38.0 Å². The molecule has 0 aliphatic heterocycles. The normalized spacial score (nSPS) is 12.2. The van der Waals surface area contributed by atoms with Crippen LogP contribution in [0.3, 0.4) is 0 Å². The zero-order valence-corrected chi connectivity index (χ0v) is 17.4. The molecular formula is C24H28N6. The van der Waals surface area contributed by atoms with Crippen LogP contribution in [0.5, 0.6) is 0 Å². The van der Waals surface area contributed by atoms with Gasteiger partial charge in [0.2, 0.25) is 0 Å². The van der Waals surface area contributed by atoms with Crippen LogP contribution in [0, 0.1) is 0 Å². The summed E-state index contributed by atoms with van der Waals surface area (Å²) in [6.07, 6.45) is 4.85. The van der Waals surface area contributed by atoms with Crippen molar-refractivity contribution in [3.05, 3.63) is 72.6 Å². The van der Waals surface area contributed by atoms with Crippen LogP contribution in [0.2, 0.25) is 0 Å². The molecule has 0 saturated heterocycles. The number of imidazole rings is 2. The Morgan fingerprint density at radius 1 is 0.833 bits per heavy atom. The molecule has 0 spiro atoms. The molecule has 2 aromatic carbocycles. The van der Waals surface area contributed by atoms with E-state index in [0.29, 0.717) is 0 Å². The average molecular weight is 401 g/mol. The van der Waals surface area contributed by atoms with E-state index in [4.69, 9.17) is 5.73 Å². The van der Waals surface area contributed by atoms with Crippen molar-refractivity contribution < 1.29 is 0 Å². The second kappa shape index (κ2) is 9.07. The number of rotatable bonds is 8. The van der Waals surface area contributed by atoms with E-state index < -0.39 is 0 Å².